The molecule has 0 atom stereocenters. The number of nitrogens with zero attached hydrogens (tertiary/aromatic N) is 4. The van der Waals surface area contributed by atoms with Crippen LogP contribution in [-0.2, 0) is 11.3 Å². The fraction of sp³-hybridized carbons (Fsp3) is 0.846. The lowest BCUT2D eigenvalue weighted by molar-refractivity contribution is -0.122. The summed E-state index contributed by atoms with van der Waals surface area (Å²) in [4.78, 5) is 12.0. The van der Waals surface area contributed by atoms with Crippen molar-refractivity contribution in [2.24, 2.45) is 5.92 Å². The lowest BCUT2D eigenvalue weighted by atomic mass is 9.86. The standard InChI is InChI=1S/C13H23N5O2/c1-9(2)13-15-16-17-18(13)7-12(20)14-11-5-3-10(8-19)4-6-11/h9-11,19H,3-8H2,1-2H3,(H,14,20). The monoisotopic (exact) mass is 281 g/mol. The minimum Gasteiger partial charge on any atom is -0.396 e. The molecule has 1 heterocycles. The van der Waals surface area contributed by atoms with Gasteiger partial charge in [0.25, 0.3) is 0 Å². The van der Waals surface area contributed by atoms with Gasteiger partial charge in [-0.25, -0.2) is 4.68 Å². The number of nitrogens with one attached hydrogen (secondary N) is 1. The van der Waals surface area contributed by atoms with E-state index in [1.165, 1.54) is 0 Å². The first kappa shape index (κ1) is 14.9. The molecule has 0 spiro atoms. The third-order valence-corrected chi connectivity index (χ3v) is 3.84. The van der Waals surface area contributed by atoms with Gasteiger partial charge < -0.3 is 10.4 Å². The van der Waals surface area contributed by atoms with Crippen LogP contribution in [0.25, 0.3) is 0 Å². The highest BCUT2D eigenvalue weighted by Crippen LogP contribution is 2.23. The van der Waals surface area contributed by atoms with Crippen LogP contribution >= 0.6 is 0 Å². The van der Waals surface area contributed by atoms with E-state index in [4.69, 9.17) is 5.11 Å². The van der Waals surface area contributed by atoms with Crippen molar-refractivity contribution in [3.8, 4) is 0 Å². The number of amides is 1. The molecule has 20 heavy (non-hydrogen) atoms. The summed E-state index contributed by atoms with van der Waals surface area (Å²) in [7, 11) is 0. The molecule has 1 fully saturated rings. The summed E-state index contributed by atoms with van der Waals surface area (Å²) in [5.41, 5.74) is 0. The molecule has 2 N–H and O–H groups in total. The predicted octanol–water partition coefficient (Wildman–Crippen LogP) is 0.464. The molecule has 7 nitrogen and oxygen atoms in total. The molecule has 1 amide bonds. The SMILES string of the molecule is CC(C)c1nnnn1CC(=O)NC1CCC(CO)CC1. The molecule has 1 aliphatic rings. The summed E-state index contributed by atoms with van der Waals surface area (Å²) < 4.78 is 1.55. The smallest absolute Gasteiger partial charge is 0.242 e. The minimum absolute atomic E-state index is 0.0494. The van der Waals surface area contributed by atoms with Gasteiger partial charge in [0.2, 0.25) is 5.91 Å². The van der Waals surface area contributed by atoms with Gasteiger partial charge in [0.1, 0.15) is 6.54 Å². The van der Waals surface area contributed by atoms with E-state index in [0.717, 1.165) is 31.5 Å². The van der Waals surface area contributed by atoms with Gasteiger partial charge in [0.15, 0.2) is 5.82 Å². The van der Waals surface area contributed by atoms with Crippen LogP contribution in [0.15, 0.2) is 0 Å². The second kappa shape index (κ2) is 6.78. The Labute approximate surface area is 118 Å². The van der Waals surface area contributed by atoms with Crippen LogP contribution in [0.1, 0.15) is 51.3 Å². The van der Waals surface area contributed by atoms with Crippen molar-refractivity contribution in [1.29, 1.82) is 0 Å². The van der Waals surface area contributed by atoms with Gasteiger partial charge in [0.05, 0.1) is 0 Å². The number of hydrogen-bond acceptors (Lipinski definition) is 5. The predicted molar refractivity (Wildman–Crippen MR) is 72.9 cm³/mol. The van der Waals surface area contributed by atoms with Crippen molar-refractivity contribution in [2.75, 3.05) is 6.61 Å². The molecule has 2 rings (SSSR count). The van der Waals surface area contributed by atoms with Crippen LogP contribution in [-0.4, -0.2) is 43.9 Å². The van der Waals surface area contributed by atoms with Gasteiger partial charge in [0, 0.05) is 18.6 Å². The number of aromatic nitrogens is 4. The maximum atomic E-state index is 12.0. The Morgan fingerprint density at radius 2 is 2.10 bits per heavy atom. The molecule has 1 aromatic rings. The van der Waals surface area contributed by atoms with Crippen molar-refractivity contribution in [2.45, 2.75) is 58.0 Å². The van der Waals surface area contributed by atoms with Crippen LogP contribution in [0.5, 0.6) is 0 Å². The number of rotatable bonds is 5. The first-order chi connectivity index (χ1) is 9.60. The Morgan fingerprint density at radius 3 is 2.70 bits per heavy atom. The number of tetrazole rings is 1. The second-order valence-electron chi connectivity index (χ2n) is 5.82. The quantitative estimate of drug-likeness (QED) is 0.818. The summed E-state index contributed by atoms with van der Waals surface area (Å²) in [6.07, 6.45) is 3.82. The Bertz CT molecular complexity index is 438. The zero-order valence-corrected chi connectivity index (χ0v) is 12.1. The molecule has 1 aromatic heterocycles. The Morgan fingerprint density at radius 1 is 1.40 bits per heavy atom. The van der Waals surface area contributed by atoms with E-state index in [1.807, 2.05) is 13.8 Å². The third-order valence-electron chi connectivity index (χ3n) is 3.84. The van der Waals surface area contributed by atoms with Crippen LogP contribution in [0.2, 0.25) is 0 Å². The maximum Gasteiger partial charge on any atom is 0.242 e. The van der Waals surface area contributed by atoms with Crippen LogP contribution in [0.4, 0.5) is 0 Å². The van der Waals surface area contributed by atoms with Gasteiger partial charge in [-0.15, -0.1) is 5.10 Å². The Balaban J connectivity index is 1.82. The van der Waals surface area contributed by atoms with E-state index in [-0.39, 0.29) is 31.0 Å². The van der Waals surface area contributed by atoms with Crippen molar-refractivity contribution >= 4 is 5.91 Å². The van der Waals surface area contributed by atoms with Gasteiger partial charge >= 0.3 is 0 Å². The van der Waals surface area contributed by atoms with Crippen LogP contribution in [0.3, 0.4) is 0 Å². The van der Waals surface area contributed by atoms with Crippen molar-refractivity contribution < 1.29 is 9.90 Å². The fourth-order valence-electron chi connectivity index (χ4n) is 2.64. The highest BCUT2D eigenvalue weighted by molar-refractivity contribution is 5.76. The average Bonchev–Trinajstić information content (AvgIpc) is 2.87. The normalized spacial score (nSPS) is 23.0. The molecule has 0 aliphatic heterocycles. The summed E-state index contributed by atoms with van der Waals surface area (Å²) >= 11 is 0. The van der Waals surface area contributed by atoms with E-state index in [1.54, 1.807) is 4.68 Å². The number of hydrogen-bond donors (Lipinski definition) is 2. The van der Waals surface area contributed by atoms with Gasteiger partial charge in [-0.3, -0.25) is 4.79 Å². The maximum absolute atomic E-state index is 12.0. The zero-order chi connectivity index (χ0) is 14.5. The molecule has 0 aromatic carbocycles. The van der Waals surface area contributed by atoms with Crippen LogP contribution in [0, 0.1) is 5.92 Å². The topological polar surface area (TPSA) is 92.9 Å². The lowest BCUT2D eigenvalue weighted by Crippen LogP contribution is -2.40. The summed E-state index contributed by atoms with van der Waals surface area (Å²) in [5, 5.41) is 23.5. The number of carbonyl (C=O) groups is 1. The summed E-state index contributed by atoms with van der Waals surface area (Å²) in [6, 6.07) is 0.212. The van der Waals surface area contributed by atoms with Crippen LogP contribution < -0.4 is 5.32 Å². The van der Waals surface area contributed by atoms with Crippen molar-refractivity contribution in [3.05, 3.63) is 5.82 Å². The van der Waals surface area contributed by atoms with Gasteiger partial charge in [-0.2, -0.15) is 0 Å². The Hall–Kier alpha value is -1.50. The summed E-state index contributed by atoms with van der Waals surface area (Å²) in [6.45, 7) is 4.41. The van der Waals surface area contributed by atoms with E-state index >= 15 is 0 Å². The highest BCUT2D eigenvalue weighted by atomic mass is 16.3. The molecular formula is C13H23N5O2. The van der Waals surface area contributed by atoms with Gasteiger partial charge in [-0.1, -0.05) is 13.8 Å². The number of carbonyl (C=O) groups excluding carboxylic acids is 1. The first-order valence-corrected chi connectivity index (χ1v) is 7.26. The zero-order valence-electron chi connectivity index (χ0n) is 12.1. The molecule has 1 aliphatic carbocycles. The minimum atomic E-state index is -0.0494. The molecule has 0 radical (unpaired) electrons. The molecule has 0 bridgehead atoms. The van der Waals surface area contributed by atoms with Crippen molar-refractivity contribution in [1.82, 2.24) is 25.5 Å². The molecule has 1 saturated carbocycles. The van der Waals surface area contributed by atoms with E-state index in [0.29, 0.717) is 5.92 Å². The first-order valence-electron chi connectivity index (χ1n) is 7.26. The number of aliphatic hydroxyl groups is 1. The molecular weight excluding hydrogens is 258 g/mol. The largest absolute Gasteiger partial charge is 0.396 e. The Kier molecular flexibility index (Phi) is 5.05. The second-order valence-corrected chi connectivity index (χ2v) is 5.82. The average molecular weight is 281 g/mol. The summed E-state index contributed by atoms with van der Waals surface area (Å²) in [5.74, 6) is 1.27. The molecule has 0 saturated heterocycles. The van der Waals surface area contributed by atoms with Gasteiger partial charge in [-0.05, 0) is 42.0 Å². The fourth-order valence-corrected chi connectivity index (χ4v) is 2.64. The lowest BCUT2D eigenvalue weighted by Gasteiger charge is -2.27. The highest BCUT2D eigenvalue weighted by Gasteiger charge is 2.22. The van der Waals surface area contributed by atoms with Crippen molar-refractivity contribution in [3.63, 3.8) is 0 Å². The van der Waals surface area contributed by atoms with E-state index < -0.39 is 0 Å². The number of aliphatic hydroxyl groups excluding tert-OH is 1. The van der Waals surface area contributed by atoms with E-state index in [2.05, 4.69) is 20.8 Å². The molecule has 112 valence electrons. The van der Waals surface area contributed by atoms with E-state index in [9.17, 15) is 4.79 Å². The third kappa shape index (κ3) is 3.75. The molecule has 0 unspecified atom stereocenters. The molecule has 7 heteroatoms.